The van der Waals surface area contributed by atoms with Gasteiger partial charge in [-0.25, -0.2) is 4.98 Å². The van der Waals surface area contributed by atoms with Crippen LogP contribution in [-0.2, 0) is 17.8 Å². The molecular weight excluding hydrogens is 378 g/mol. The number of nitrogens with zero attached hydrogens (tertiary/aromatic N) is 3. The first-order valence-electron chi connectivity index (χ1n) is 9.95. The van der Waals surface area contributed by atoms with Crippen molar-refractivity contribution in [2.75, 3.05) is 12.4 Å². The van der Waals surface area contributed by atoms with E-state index in [4.69, 9.17) is 4.98 Å². The van der Waals surface area contributed by atoms with Gasteiger partial charge in [-0.05, 0) is 42.7 Å². The summed E-state index contributed by atoms with van der Waals surface area (Å²) in [4.78, 5) is 32.8. The van der Waals surface area contributed by atoms with E-state index in [0.29, 0.717) is 16.8 Å². The van der Waals surface area contributed by atoms with Gasteiger partial charge in [-0.1, -0.05) is 12.1 Å². The molecule has 1 aliphatic heterocycles. The van der Waals surface area contributed by atoms with E-state index in [1.807, 2.05) is 24.3 Å². The predicted molar refractivity (Wildman–Crippen MR) is 116 cm³/mol. The number of carbonyl (C=O) groups is 2. The molecule has 2 N–H and O–H groups in total. The first kappa shape index (κ1) is 19.6. The van der Waals surface area contributed by atoms with Gasteiger partial charge in [0, 0.05) is 55.9 Å². The molecule has 7 heteroatoms. The largest absolute Gasteiger partial charge is 0.355 e. The number of imidazole rings is 1. The lowest BCUT2D eigenvalue weighted by atomic mass is 10.1. The van der Waals surface area contributed by atoms with Gasteiger partial charge in [-0.2, -0.15) is 0 Å². The van der Waals surface area contributed by atoms with Crippen molar-refractivity contribution >= 4 is 23.6 Å². The SMILES string of the molecule is CNC(=O)c1cncc(/C=C/C(=O)Nc2cccc(-c3cn4c(n3)CCCC4)c2)c1. The molecule has 0 atom stereocenters. The molecule has 3 heterocycles. The van der Waals surface area contributed by atoms with E-state index in [-0.39, 0.29) is 11.8 Å². The Hall–Kier alpha value is -3.74. The lowest BCUT2D eigenvalue weighted by Crippen LogP contribution is -2.17. The monoisotopic (exact) mass is 401 g/mol. The lowest BCUT2D eigenvalue weighted by molar-refractivity contribution is -0.111. The number of fused-ring (bicyclic) bond motifs is 1. The molecule has 0 aliphatic carbocycles. The summed E-state index contributed by atoms with van der Waals surface area (Å²) in [6, 6.07) is 9.35. The minimum atomic E-state index is -0.262. The van der Waals surface area contributed by atoms with Crippen LogP contribution in [0.2, 0.25) is 0 Å². The Labute approximate surface area is 174 Å². The second kappa shape index (κ2) is 8.73. The second-order valence-corrected chi connectivity index (χ2v) is 7.18. The maximum atomic E-state index is 12.4. The minimum Gasteiger partial charge on any atom is -0.355 e. The number of aryl methyl sites for hydroxylation is 2. The Kier molecular flexibility index (Phi) is 5.70. The van der Waals surface area contributed by atoms with Gasteiger partial charge in [-0.3, -0.25) is 14.6 Å². The molecule has 30 heavy (non-hydrogen) atoms. The standard InChI is InChI=1S/C23H23N5O2/c1-24-23(30)18-11-16(13-25-14-18)8-9-22(29)26-19-6-4-5-17(12-19)20-15-28-10-3-2-7-21(28)27-20/h4-6,8-9,11-15H,2-3,7,10H2,1H3,(H,24,30)(H,26,29)/b9-8+. The van der Waals surface area contributed by atoms with E-state index < -0.39 is 0 Å². The van der Waals surface area contributed by atoms with Crippen LogP contribution in [0.25, 0.3) is 17.3 Å². The molecule has 0 saturated carbocycles. The Balaban J connectivity index is 1.45. The van der Waals surface area contributed by atoms with E-state index in [1.54, 1.807) is 25.4 Å². The van der Waals surface area contributed by atoms with E-state index in [2.05, 4.69) is 26.4 Å². The number of hydrogen-bond acceptors (Lipinski definition) is 4. The number of aromatic nitrogens is 3. The average Bonchev–Trinajstić information content (AvgIpc) is 3.22. The minimum absolute atomic E-state index is 0.222. The molecule has 152 valence electrons. The summed E-state index contributed by atoms with van der Waals surface area (Å²) in [5.41, 5.74) is 3.71. The zero-order valence-electron chi connectivity index (χ0n) is 16.8. The maximum absolute atomic E-state index is 12.4. The quantitative estimate of drug-likeness (QED) is 0.642. The van der Waals surface area contributed by atoms with Crippen LogP contribution < -0.4 is 10.6 Å². The number of pyridine rings is 1. The highest BCUT2D eigenvalue weighted by atomic mass is 16.2. The van der Waals surface area contributed by atoms with E-state index >= 15 is 0 Å². The number of rotatable bonds is 5. The van der Waals surface area contributed by atoms with Crippen molar-refractivity contribution in [1.82, 2.24) is 19.9 Å². The van der Waals surface area contributed by atoms with Crippen LogP contribution in [0.5, 0.6) is 0 Å². The van der Waals surface area contributed by atoms with Gasteiger partial charge in [0.1, 0.15) is 5.82 Å². The predicted octanol–water partition coefficient (Wildman–Crippen LogP) is 3.29. The number of carbonyl (C=O) groups excluding carboxylic acids is 2. The third-order valence-corrected chi connectivity index (χ3v) is 5.01. The van der Waals surface area contributed by atoms with E-state index in [1.165, 1.54) is 25.1 Å². The Morgan fingerprint density at radius 1 is 1.17 bits per heavy atom. The second-order valence-electron chi connectivity index (χ2n) is 7.18. The van der Waals surface area contributed by atoms with Crippen molar-refractivity contribution in [2.24, 2.45) is 0 Å². The summed E-state index contributed by atoms with van der Waals surface area (Å²) in [6.07, 6.45) is 11.6. The number of amides is 2. The van der Waals surface area contributed by atoms with Gasteiger partial charge in [0.15, 0.2) is 0 Å². The first-order valence-corrected chi connectivity index (χ1v) is 9.95. The van der Waals surface area contributed by atoms with Gasteiger partial charge >= 0.3 is 0 Å². The molecule has 0 bridgehead atoms. The highest BCUT2D eigenvalue weighted by Crippen LogP contribution is 2.24. The van der Waals surface area contributed by atoms with Crippen LogP contribution in [0, 0.1) is 0 Å². The van der Waals surface area contributed by atoms with Crippen molar-refractivity contribution in [2.45, 2.75) is 25.8 Å². The fraction of sp³-hybridized carbons (Fsp3) is 0.217. The molecule has 0 saturated heterocycles. The molecule has 2 aromatic heterocycles. The third-order valence-electron chi connectivity index (χ3n) is 5.01. The molecule has 0 spiro atoms. The van der Waals surface area contributed by atoms with Crippen molar-refractivity contribution < 1.29 is 9.59 Å². The molecule has 0 fully saturated rings. The molecular formula is C23H23N5O2. The molecule has 1 aliphatic rings. The topological polar surface area (TPSA) is 88.9 Å². The summed E-state index contributed by atoms with van der Waals surface area (Å²) in [7, 11) is 1.56. The van der Waals surface area contributed by atoms with Crippen molar-refractivity contribution in [3.8, 4) is 11.3 Å². The number of anilines is 1. The molecule has 7 nitrogen and oxygen atoms in total. The fourth-order valence-electron chi connectivity index (χ4n) is 3.48. The average molecular weight is 401 g/mol. The van der Waals surface area contributed by atoms with Gasteiger partial charge < -0.3 is 15.2 Å². The Morgan fingerprint density at radius 3 is 2.90 bits per heavy atom. The zero-order valence-corrected chi connectivity index (χ0v) is 16.8. The summed E-state index contributed by atoms with van der Waals surface area (Å²) in [5, 5.41) is 5.42. The number of benzene rings is 1. The van der Waals surface area contributed by atoms with Gasteiger partial charge in [0.05, 0.1) is 11.3 Å². The lowest BCUT2D eigenvalue weighted by Gasteiger charge is -2.11. The molecule has 2 amide bonds. The van der Waals surface area contributed by atoms with Gasteiger partial charge in [-0.15, -0.1) is 0 Å². The highest BCUT2D eigenvalue weighted by molar-refractivity contribution is 6.02. The number of nitrogens with one attached hydrogen (secondary N) is 2. The highest BCUT2D eigenvalue weighted by Gasteiger charge is 2.13. The smallest absolute Gasteiger partial charge is 0.252 e. The van der Waals surface area contributed by atoms with Crippen molar-refractivity contribution in [3.05, 3.63) is 71.9 Å². The van der Waals surface area contributed by atoms with Crippen LogP contribution in [0.1, 0.15) is 34.6 Å². The number of hydrogen-bond donors (Lipinski definition) is 2. The van der Waals surface area contributed by atoms with Crippen molar-refractivity contribution in [3.63, 3.8) is 0 Å². The van der Waals surface area contributed by atoms with Crippen LogP contribution in [-0.4, -0.2) is 33.4 Å². The summed E-state index contributed by atoms with van der Waals surface area (Å²) >= 11 is 0. The molecule has 0 unspecified atom stereocenters. The molecule has 4 rings (SSSR count). The molecule has 1 aromatic carbocycles. The summed E-state index contributed by atoms with van der Waals surface area (Å²) in [5.74, 6) is 0.642. The van der Waals surface area contributed by atoms with Gasteiger partial charge in [0.25, 0.3) is 5.91 Å². The summed E-state index contributed by atoms with van der Waals surface area (Å²) < 4.78 is 2.22. The molecule has 3 aromatic rings. The van der Waals surface area contributed by atoms with E-state index in [0.717, 1.165) is 30.0 Å². The van der Waals surface area contributed by atoms with Crippen LogP contribution in [0.15, 0.2) is 55.0 Å². The third kappa shape index (κ3) is 4.46. The van der Waals surface area contributed by atoms with Gasteiger partial charge in [0.2, 0.25) is 5.91 Å². The van der Waals surface area contributed by atoms with E-state index in [9.17, 15) is 9.59 Å². The fourth-order valence-corrected chi connectivity index (χ4v) is 3.48. The maximum Gasteiger partial charge on any atom is 0.252 e. The van der Waals surface area contributed by atoms with Crippen LogP contribution in [0.4, 0.5) is 5.69 Å². The zero-order chi connectivity index (χ0) is 20.9. The van der Waals surface area contributed by atoms with Crippen molar-refractivity contribution in [1.29, 1.82) is 0 Å². The van der Waals surface area contributed by atoms with Crippen LogP contribution >= 0.6 is 0 Å². The Bertz CT molecular complexity index is 1090. The Morgan fingerprint density at radius 2 is 2.07 bits per heavy atom. The first-order chi connectivity index (χ1) is 14.6. The summed E-state index contributed by atoms with van der Waals surface area (Å²) in [6.45, 7) is 1.01. The normalized spacial score (nSPS) is 13.1. The molecule has 0 radical (unpaired) electrons. The van der Waals surface area contributed by atoms with Crippen LogP contribution in [0.3, 0.4) is 0 Å².